The van der Waals surface area contributed by atoms with E-state index in [-0.39, 0.29) is 21.9 Å². The van der Waals surface area contributed by atoms with Crippen LogP contribution in [-0.2, 0) is 10.0 Å². The minimum atomic E-state index is -3.69. The molecule has 0 spiro atoms. The van der Waals surface area contributed by atoms with E-state index in [4.69, 9.17) is 11.6 Å². The van der Waals surface area contributed by atoms with Crippen LogP contribution in [0.4, 0.5) is 5.69 Å². The summed E-state index contributed by atoms with van der Waals surface area (Å²) in [5, 5.41) is 3.04. The van der Waals surface area contributed by atoms with Gasteiger partial charge in [0.25, 0.3) is 15.9 Å². The number of nitrogens with one attached hydrogen (secondary N) is 1. The molecule has 2 aromatic rings. The van der Waals surface area contributed by atoms with Gasteiger partial charge in [0.1, 0.15) is 0 Å². The Morgan fingerprint density at radius 2 is 1.84 bits per heavy atom. The van der Waals surface area contributed by atoms with E-state index < -0.39 is 10.0 Å². The molecule has 0 saturated carbocycles. The van der Waals surface area contributed by atoms with Gasteiger partial charge in [-0.3, -0.25) is 9.10 Å². The molecule has 2 aromatic carbocycles. The molecule has 0 unspecified atom stereocenters. The van der Waals surface area contributed by atoms with Crippen LogP contribution in [0.5, 0.6) is 0 Å². The number of sulfonamides is 1. The molecule has 134 valence electrons. The number of nitrogens with zero attached hydrogens (tertiary/aromatic N) is 1. The van der Waals surface area contributed by atoms with Crippen molar-refractivity contribution in [2.24, 2.45) is 0 Å². The molecule has 0 radical (unpaired) electrons. The third-order valence-electron chi connectivity index (χ3n) is 3.95. The summed E-state index contributed by atoms with van der Waals surface area (Å²) in [4.78, 5) is 12.4. The highest BCUT2D eigenvalue weighted by Crippen LogP contribution is 2.27. The zero-order chi connectivity index (χ0) is 18.6. The average Bonchev–Trinajstić information content (AvgIpc) is 2.61. The quantitative estimate of drug-likeness (QED) is 0.831. The molecule has 0 aliphatic carbocycles. The Morgan fingerprint density at radius 3 is 2.40 bits per heavy atom. The predicted octanol–water partition coefficient (Wildman–Crippen LogP) is 3.69. The van der Waals surface area contributed by atoms with E-state index >= 15 is 0 Å². The number of rotatable bonds is 6. The summed E-state index contributed by atoms with van der Waals surface area (Å²) in [5.41, 5.74) is 0.699. The van der Waals surface area contributed by atoms with Crippen LogP contribution in [-0.4, -0.2) is 27.4 Å². The molecule has 7 heteroatoms. The fourth-order valence-corrected chi connectivity index (χ4v) is 3.65. The summed E-state index contributed by atoms with van der Waals surface area (Å²) in [5.74, 6) is -0.278. The van der Waals surface area contributed by atoms with E-state index in [1.165, 1.54) is 31.3 Å². The standard InChI is InChI=1S/C18H21ClN2O3S/c1-4-13(2)20-18(22)16-11-10-14(12-17(16)19)21(3)25(23,24)15-8-6-5-7-9-15/h5-13H,4H2,1-3H3,(H,20,22)/t13-/m0/s1. The van der Waals surface area contributed by atoms with Crippen molar-refractivity contribution in [1.82, 2.24) is 5.32 Å². The van der Waals surface area contributed by atoms with E-state index in [0.717, 1.165) is 10.7 Å². The summed E-state index contributed by atoms with van der Waals surface area (Å²) in [7, 11) is -2.24. The second kappa shape index (κ2) is 7.89. The smallest absolute Gasteiger partial charge is 0.264 e. The topological polar surface area (TPSA) is 66.5 Å². The largest absolute Gasteiger partial charge is 0.350 e. The zero-order valence-corrected chi connectivity index (χ0v) is 15.9. The van der Waals surface area contributed by atoms with E-state index in [0.29, 0.717) is 11.3 Å². The molecule has 0 aromatic heterocycles. The van der Waals surface area contributed by atoms with E-state index in [9.17, 15) is 13.2 Å². The zero-order valence-electron chi connectivity index (χ0n) is 14.4. The van der Waals surface area contributed by atoms with Gasteiger partial charge in [0, 0.05) is 13.1 Å². The molecule has 25 heavy (non-hydrogen) atoms. The summed E-state index contributed by atoms with van der Waals surface area (Å²) >= 11 is 6.21. The molecule has 2 rings (SSSR count). The van der Waals surface area contributed by atoms with E-state index in [2.05, 4.69) is 5.32 Å². The van der Waals surface area contributed by atoms with Crippen molar-refractivity contribution in [3.05, 3.63) is 59.1 Å². The summed E-state index contributed by atoms with van der Waals surface area (Å²) in [6, 6.07) is 12.7. The molecular formula is C18H21ClN2O3S. The van der Waals surface area contributed by atoms with Crippen LogP contribution in [0.1, 0.15) is 30.6 Å². The first-order chi connectivity index (χ1) is 11.8. The van der Waals surface area contributed by atoms with Gasteiger partial charge < -0.3 is 5.32 Å². The molecule has 1 atom stereocenters. The maximum Gasteiger partial charge on any atom is 0.264 e. The Bertz CT molecular complexity index is 854. The third-order valence-corrected chi connectivity index (χ3v) is 6.06. The van der Waals surface area contributed by atoms with Crippen molar-refractivity contribution in [3.63, 3.8) is 0 Å². The molecule has 1 amide bonds. The van der Waals surface area contributed by atoms with Gasteiger partial charge in [-0.15, -0.1) is 0 Å². The lowest BCUT2D eigenvalue weighted by Crippen LogP contribution is -2.32. The SMILES string of the molecule is CC[C@H](C)NC(=O)c1ccc(N(C)S(=O)(=O)c2ccccc2)cc1Cl. The van der Waals surface area contributed by atoms with Crippen LogP contribution in [0.25, 0.3) is 0 Å². The van der Waals surface area contributed by atoms with Gasteiger partial charge in [-0.05, 0) is 43.7 Å². The second-order valence-electron chi connectivity index (χ2n) is 5.73. The molecule has 1 N–H and O–H groups in total. The first kappa shape index (κ1) is 19.3. The van der Waals surface area contributed by atoms with Crippen molar-refractivity contribution in [2.75, 3.05) is 11.4 Å². The number of hydrogen-bond acceptors (Lipinski definition) is 3. The maximum absolute atomic E-state index is 12.7. The Labute approximate surface area is 153 Å². The fourth-order valence-electron chi connectivity index (χ4n) is 2.18. The van der Waals surface area contributed by atoms with Crippen molar-refractivity contribution in [3.8, 4) is 0 Å². The molecular weight excluding hydrogens is 360 g/mol. The fraction of sp³-hybridized carbons (Fsp3) is 0.278. The van der Waals surface area contributed by atoms with Crippen LogP contribution in [0.2, 0.25) is 5.02 Å². The Balaban J connectivity index is 2.29. The number of carbonyl (C=O) groups is 1. The Hall–Kier alpha value is -2.05. The Morgan fingerprint density at radius 1 is 1.20 bits per heavy atom. The van der Waals surface area contributed by atoms with Crippen LogP contribution in [0.15, 0.2) is 53.4 Å². The Kier molecular flexibility index (Phi) is 6.08. The van der Waals surface area contributed by atoms with Gasteiger partial charge in [0.15, 0.2) is 0 Å². The number of carbonyl (C=O) groups excluding carboxylic acids is 1. The van der Waals surface area contributed by atoms with E-state index in [1.54, 1.807) is 24.3 Å². The van der Waals surface area contributed by atoms with E-state index in [1.807, 2.05) is 13.8 Å². The first-order valence-corrected chi connectivity index (χ1v) is 9.73. The summed E-state index contributed by atoms with van der Waals surface area (Å²) in [6.07, 6.45) is 0.805. The monoisotopic (exact) mass is 380 g/mol. The van der Waals surface area contributed by atoms with Gasteiger partial charge in [-0.25, -0.2) is 8.42 Å². The maximum atomic E-state index is 12.7. The lowest BCUT2D eigenvalue weighted by molar-refractivity contribution is 0.0939. The van der Waals surface area contributed by atoms with Gasteiger partial charge in [-0.1, -0.05) is 36.7 Å². The molecule has 0 aliphatic rings. The number of anilines is 1. The number of amides is 1. The number of benzene rings is 2. The lowest BCUT2D eigenvalue weighted by atomic mass is 10.1. The van der Waals surface area contributed by atoms with Crippen LogP contribution < -0.4 is 9.62 Å². The summed E-state index contributed by atoms with van der Waals surface area (Å²) < 4.78 is 26.4. The van der Waals surface area contributed by atoms with Crippen molar-refractivity contribution in [2.45, 2.75) is 31.2 Å². The molecule has 0 aliphatic heterocycles. The minimum Gasteiger partial charge on any atom is -0.350 e. The molecule has 0 fully saturated rings. The highest BCUT2D eigenvalue weighted by molar-refractivity contribution is 7.92. The lowest BCUT2D eigenvalue weighted by Gasteiger charge is -2.20. The number of halogens is 1. The molecule has 0 saturated heterocycles. The summed E-state index contributed by atoms with van der Waals surface area (Å²) in [6.45, 7) is 3.87. The highest BCUT2D eigenvalue weighted by Gasteiger charge is 2.22. The van der Waals surface area contributed by atoms with Crippen LogP contribution in [0, 0.1) is 0 Å². The van der Waals surface area contributed by atoms with Crippen molar-refractivity contribution >= 4 is 33.2 Å². The molecule has 0 bridgehead atoms. The van der Waals surface area contributed by atoms with Crippen LogP contribution in [0.3, 0.4) is 0 Å². The highest BCUT2D eigenvalue weighted by atomic mass is 35.5. The molecule has 5 nitrogen and oxygen atoms in total. The molecule has 0 heterocycles. The van der Waals surface area contributed by atoms with Gasteiger partial charge in [-0.2, -0.15) is 0 Å². The third kappa shape index (κ3) is 4.32. The van der Waals surface area contributed by atoms with Crippen LogP contribution >= 0.6 is 11.6 Å². The van der Waals surface area contributed by atoms with Crippen molar-refractivity contribution in [1.29, 1.82) is 0 Å². The second-order valence-corrected chi connectivity index (χ2v) is 8.11. The van der Waals surface area contributed by atoms with Gasteiger partial charge >= 0.3 is 0 Å². The minimum absolute atomic E-state index is 0.0318. The first-order valence-electron chi connectivity index (χ1n) is 7.91. The van der Waals surface area contributed by atoms with Gasteiger partial charge in [0.2, 0.25) is 0 Å². The van der Waals surface area contributed by atoms with Gasteiger partial charge in [0.05, 0.1) is 21.2 Å². The predicted molar refractivity (Wildman–Crippen MR) is 101 cm³/mol. The average molecular weight is 381 g/mol. The normalized spacial score (nSPS) is 12.5. The van der Waals surface area contributed by atoms with Crippen molar-refractivity contribution < 1.29 is 13.2 Å². The number of hydrogen-bond donors (Lipinski definition) is 1.